The Morgan fingerprint density at radius 3 is 2.56 bits per heavy atom. The van der Waals surface area contributed by atoms with Gasteiger partial charge in [-0.05, 0) is 18.6 Å². The third-order valence-electron chi connectivity index (χ3n) is 2.78. The minimum atomic E-state index is 0.466. The quantitative estimate of drug-likeness (QED) is 0.813. The lowest BCUT2D eigenvalue weighted by molar-refractivity contribution is 0.196. The fraction of sp³-hybridized carbons (Fsp3) is 0.385. The van der Waals surface area contributed by atoms with Crippen molar-refractivity contribution in [2.75, 3.05) is 37.9 Å². The Kier molecular flexibility index (Phi) is 3.94. The number of fused-ring (bicyclic) bond motifs is 1. The van der Waals surface area contributed by atoms with E-state index in [-0.39, 0.29) is 0 Å². The van der Waals surface area contributed by atoms with Gasteiger partial charge in [0.2, 0.25) is 0 Å². The highest BCUT2D eigenvalue weighted by atomic mass is 16.5. The number of ether oxygens (including phenoxy) is 1. The SMILES string of the molecule is COCCCN(C)c1nc2ccccc2nc1N. The summed E-state index contributed by atoms with van der Waals surface area (Å²) in [5.41, 5.74) is 7.63. The molecule has 1 heterocycles. The molecule has 2 rings (SSSR count). The monoisotopic (exact) mass is 246 g/mol. The van der Waals surface area contributed by atoms with Crippen LogP contribution in [0.25, 0.3) is 11.0 Å². The van der Waals surface area contributed by atoms with Crippen LogP contribution in [-0.2, 0) is 4.74 Å². The van der Waals surface area contributed by atoms with Crippen molar-refractivity contribution in [1.82, 2.24) is 9.97 Å². The minimum Gasteiger partial charge on any atom is -0.385 e. The first-order valence-electron chi connectivity index (χ1n) is 5.94. The molecule has 0 amide bonds. The molecule has 1 aromatic carbocycles. The molecule has 1 aromatic heterocycles. The molecule has 2 N–H and O–H groups in total. The van der Waals surface area contributed by atoms with Crippen LogP contribution in [0.15, 0.2) is 24.3 Å². The van der Waals surface area contributed by atoms with E-state index >= 15 is 0 Å². The molecule has 18 heavy (non-hydrogen) atoms. The zero-order valence-corrected chi connectivity index (χ0v) is 10.8. The average molecular weight is 246 g/mol. The van der Waals surface area contributed by atoms with Gasteiger partial charge in [-0.1, -0.05) is 12.1 Å². The highest BCUT2D eigenvalue weighted by molar-refractivity contribution is 5.79. The van der Waals surface area contributed by atoms with E-state index in [1.54, 1.807) is 7.11 Å². The van der Waals surface area contributed by atoms with Crippen molar-refractivity contribution >= 4 is 22.7 Å². The van der Waals surface area contributed by atoms with Crippen molar-refractivity contribution in [3.63, 3.8) is 0 Å². The number of benzene rings is 1. The summed E-state index contributed by atoms with van der Waals surface area (Å²) in [5.74, 6) is 1.19. The Morgan fingerprint density at radius 2 is 1.89 bits per heavy atom. The number of methoxy groups -OCH3 is 1. The van der Waals surface area contributed by atoms with Gasteiger partial charge in [0.05, 0.1) is 11.0 Å². The van der Waals surface area contributed by atoms with Crippen molar-refractivity contribution in [3.05, 3.63) is 24.3 Å². The predicted octanol–water partition coefficient (Wildman–Crippen LogP) is 1.68. The molecule has 0 unspecified atom stereocenters. The van der Waals surface area contributed by atoms with Gasteiger partial charge >= 0.3 is 0 Å². The molecular formula is C13H18N4O. The first-order valence-corrected chi connectivity index (χ1v) is 5.94. The second-order valence-corrected chi connectivity index (χ2v) is 4.19. The van der Waals surface area contributed by atoms with Crippen LogP contribution >= 0.6 is 0 Å². The smallest absolute Gasteiger partial charge is 0.171 e. The molecule has 0 saturated carbocycles. The van der Waals surface area contributed by atoms with Crippen LogP contribution < -0.4 is 10.6 Å². The molecule has 0 aliphatic heterocycles. The molecule has 96 valence electrons. The largest absolute Gasteiger partial charge is 0.385 e. The van der Waals surface area contributed by atoms with Crippen LogP contribution in [-0.4, -0.2) is 37.3 Å². The third kappa shape index (κ3) is 2.68. The molecule has 0 bridgehead atoms. The summed E-state index contributed by atoms with van der Waals surface area (Å²) >= 11 is 0. The van der Waals surface area contributed by atoms with E-state index in [4.69, 9.17) is 10.5 Å². The van der Waals surface area contributed by atoms with Crippen molar-refractivity contribution in [2.24, 2.45) is 0 Å². The maximum absolute atomic E-state index is 5.95. The fourth-order valence-corrected chi connectivity index (χ4v) is 1.84. The Bertz CT molecular complexity index is 529. The van der Waals surface area contributed by atoms with Gasteiger partial charge in [-0.3, -0.25) is 0 Å². The first kappa shape index (κ1) is 12.6. The van der Waals surface area contributed by atoms with Crippen molar-refractivity contribution in [3.8, 4) is 0 Å². The second kappa shape index (κ2) is 5.64. The number of nitrogens with two attached hydrogens (primary N) is 1. The summed E-state index contributed by atoms with van der Waals surface area (Å²) < 4.78 is 5.03. The highest BCUT2D eigenvalue weighted by Gasteiger charge is 2.09. The molecule has 0 radical (unpaired) electrons. The van der Waals surface area contributed by atoms with E-state index in [0.29, 0.717) is 5.82 Å². The fourth-order valence-electron chi connectivity index (χ4n) is 1.84. The third-order valence-corrected chi connectivity index (χ3v) is 2.78. The van der Waals surface area contributed by atoms with Crippen LogP contribution in [0.3, 0.4) is 0 Å². The van der Waals surface area contributed by atoms with Crippen LogP contribution in [0.2, 0.25) is 0 Å². The molecule has 0 atom stereocenters. The zero-order chi connectivity index (χ0) is 13.0. The van der Waals surface area contributed by atoms with E-state index in [2.05, 4.69) is 9.97 Å². The number of nitrogens with zero attached hydrogens (tertiary/aromatic N) is 3. The van der Waals surface area contributed by atoms with Crippen molar-refractivity contribution in [1.29, 1.82) is 0 Å². The summed E-state index contributed by atoms with van der Waals surface area (Å²) in [6.07, 6.45) is 0.931. The Balaban J connectivity index is 2.24. The van der Waals surface area contributed by atoms with E-state index < -0.39 is 0 Å². The van der Waals surface area contributed by atoms with Gasteiger partial charge in [0.25, 0.3) is 0 Å². The summed E-state index contributed by atoms with van der Waals surface area (Å²) in [6.45, 7) is 1.57. The van der Waals surface area contributed by atoms with Crippen LogP contribution in [0, 0.1) is 0 Å². The summed E-state index contributed by atoms with van der Waals surface area (Å²) in [5, 5.41) is 0. The lowest BCUT2D eigenvalue weighted by atomic mass is 10.3. The number of nitrogen functional groups attached to an aromatic ring is 1. The van der Waals surface area contributed by atoms with Crippen molar-refractivity contribution in [2.45, 2.75) is 6.42 Å². The predicted molar refractivity (Wildman–Crippen MR) is 73.7 cm³/mol. The topological polar surface area (TPSA) is 64.3 Å². The van der Waals surface area contributed by atoms with E-state index in [9.17, 15) is 0 Å². The molecule has 0 spiro atoms. The molecule has 0 aliphatic carbocycles. The zero-order valence-electron chi connectivity index (χ0n) is 10.8. The Hall–Kier alpha value is -1.88. The molecule has 0 saturated heterocycles. The van der Waals surface area contributed by atoms with Crippen LogP contribution in [0.4, 0.5) is 11.6 Å². The van der Waals surface area contributed by atoms with Crippen molar-refractivity contribution < 1.29 is 4.74 Å². The summed E-state index contributed by atoms with van der Waals surface area (Å²) in [4.78, 5) is 10.9. The maximum atomic E-state index is 5.95. The van der Waals surface area contributed by atoms with Crippen LogP contribution in [0.1, 0.15) is 6.42 Å². The van der Waals surface area contributed by atoms with E-state index in [1.165, 1.54) is 0 Å². The molecule has 0 fully saturated rings. The normalized spacial score (nSPS) is 10.8. The molecular weight excluding hydrogens is 228 g/mol. The minimum absolute atomic E-state index is 0.466. The van der Waals surface area contributed by atoms with E-state index in [0.717, 1.165) is 36.4 Å². The van der Waals surface area contributed by atoms with Crippen LogP contribution in [0.5, 0.6) is 0 Å². The lowest BCUT2D eigenvalue weighted by Crippen LogP contribution is -2.22. The van der Waals surface area contributed by atoms with Gasteiger partial charge in [-0.15, -0.1) is 0 Å². The first-order chi connectivity index (χ1) is 8.72. The van der Waals surface area contributed by atoms with Gasteiger partial charge in [-0.2, -0.15) is 0 Å². The number of hydrogen-bond donors (Lipinski definition) is 1. The number of aromatic nitrogens is 2. The standard InChI is InChI=1S/C13H18N4O/c1-17(8-5-9-18-2)13-12(14)15-10-6-3-4-7-11(10)16-13/h3-4,6-7H,5,8-9H2,1-2H3,(H2,14,15). The molecule has 2 aromatic rings. The number of hydrogen-bond acceptors (Lipinski definition) is 5. The van der Waals surface area contributed by atoms with Gasteiger partial charge in [-0.25, -0.2) is 9.97 Å². The second-order valence-electron chi connectivity index (χ2n) is 4.19. The molecule has 0 aliphatic rings. The molecule has 5 heteroatoms. The number of para-hydroxylation sites is 2. The van der Waals surface area contributed by atoms with Gasteiger partial charge < -0.3 is 15.4 Å². The Labute approximate surface area is 107 Å². The average Bonchev–Trinajstić information content (AvgIpc) is 2.38. The highest BCUT2D eigenvalue weighted by Crippen LogP contribution is 2.21. The Morgan fingerprint density at radius 1 is 1.22 bits per heavy atom. The molecule has 5 nitrogen and oxygen atoms in total. The number of anilines is 2. The summed E-state index contributed by atoms with van der Waals surface area (Å²) in [7, 11) is 3.66. The number of rotatable bonds is 5. The van der Waals surface area contributed by atoms with Gasteiger partial charge in [0, 0.05) is 27.3 Å². The maximum Gasteiger partial charge on any atom is 0.171 e. The lowest BCUT2D eigenvalue weighted by Gasteiger charge is -2.19. The van der Waals surface area contributed by atoms with E-state index in [1.807, 2.05) is 36.2 Å². The summed E-state index contributed by atoms with van der Waals surface area (Å²) in [6, 6.07) is 7.72. The van der Waals surface area contributed by atoms with Gasteiger partial charge in [0.15, 0.2) is 11.6 Å². The van der Waals surface area contributed by atoms with Gasteiger partial charge in [0.1, 0.15) is 0 Å².